The fraction of sp³-hybridized carbons (Fsp3) is 0.357. The monoisotopic (exact) mass is 488 g/mol. The molecule has 4 rings (SSSR count). The maximum absolute atomic E-state index is 12.6. The topological polar surface area (TPSA) is 95.9 Å². The molecule has 0 radical (unpaired) electrons. The number of piperazine rings is 1. The summed E-state index contributed by atoms with van der Waals surface area (Å²) in [4.78, 5) is 36.3. The third-order valence-electron chi connectivity index (χ3n) is 6.51. The molecule has 8 heteroatoms. The first-order valence-electron chi connectivity index (χ1n) is 12.3. The van der Waals surface area contributed by atoms with Gasteiger partial charge in [0.25, 0.3) is 0 Å². The van der Waals surface area contributed by atoms with Crippen molar-refractivity contribution in [1.82, 2.24) is 19.8 Å². The van der Waals surface area contributed by atoms with Crippen LogP contribution in [0.4, 0.5) is 4.79 Å². The molecule has 1 N–H and O–H groups in total. The minimum Gasteiger partial charge on any atom is -0.478 e. The Morgan fingerprint density at radius 2 is 1.72 bits per heavy atom. The molecular weight excluding hydrogens is 456 g/mol. The number of pyridine rings is 2. The highest BCUT2D eigenvalue weighted by Crippen LogP contribution is 2.16. The van der Waals surface area contributed by atoms with Crippen molar-refractivity contribution < 1.29 is 19.4 Å². The van der Waals surface area contributed by atoms with Crippen molar-refractivity contribution in [3.05, 3.63) is 89.0 Å². The summed E-state index contributed by atoms with van der Waals surface area (Å²) in [7, 11) is 0. The van der Waals surface area contributed by atoms with E-state index in [1.807, 2.05) is 36.5 Å². The molecule has 1 aliphatic heterocycles. The molecule has 3 aromatic rings. The van der Waals surface area contributed by atoms with E-state index in [9.17, 15) is 9.59 Å². The molecule has 1 amide bonds. The second-order valence-corrected chi connectivity index (χ2v) is 9.05. The first-order valence-corrected chi connectivity index (χ1v) is 12.3. The summed E-state index contributed by atoms with van der Waals surface area (Å²) in [5, 5.41) is 8.95. The molecule has 0 saturated carbocycles. The van der Waals surface area contributed by atoms with E-state index in [-0.39, 0.29) is 11.7 Å². The number of carboxylic acids is 1. The molecule has 188 valence electrons. The van der Waals surface area contributed by atoms with E-state index in [0.29, 0.717) is 18.8 Å². The summed E-state index contributed by atoms with van der Waals surface area (Å²) in [5.41, 5.74) is 4.58. The van der Waals surface area contributed by atoms with Crippen LogP contribution in [0.25, 0.3) is 0 Å². The van der Waals surface area contributed by atoms with Gasteiger partial charge in [-0.05, 0) is 80.6 Å². The number of hydrogen-bond donors (Lipinski definition) is 1. The highest BCUT2D eigenvalue weighted by atomic mass is 16.6. The van der Waals surface area contributed by atoms with Crippen LogP contribution in [0.2, 0.25) is 0 Å². The number of carbonyl (C=O) groups excluding carboxylic acids is 1. The molecule has 0 bridgehead atoms. The Kier molecular flexibility index (Phi) is 8.62. The van der Waals surface area contributed by atoms with E-state index < -0.39 is 5.97 Å². The van der Waals surface area contributed by atoms with E-state index in [1.165, 1.54) is 17.3 Å². The number of nitrogens with zero attached hydrogens (tertiary/aromatic N) is 4. The molecule has 0 aliphatic carbocycles. The van der Waals surface area contributed by atoms with Gasteiger partial charge < -0.3 is 14.7 Å². The molecule has 8 nitrogen and oxygen atoms in total. The van der Waals surface area contributed by atoms with Crippen molar-refractivity contribution in [3.8, 4) is 5.75 Å². The standard InChI is InChI=1S/C28H32N4O4/c1-21-4-2-14-29-26(21)13-8-22-6-11-25(12-7-22)36-28(35)32-18-16-31(17-19-32)15-3-5-24-10-9-23(20-30-24)27(33)34/h2,4,6-7,9-12,14,20H,3,5,8,13,15-19H2,1H3,(H,33,34). The lowest BCUT2D eigenvalue weighted by molar-refractivity contribution is 0.0696. The smallest absolute Gasteiger partial charge is 0.415 e. The number of ether oxygens (including phenoxy) is 1. The number of hydrogen-bond acceptors (Lipinski definition) is 6. The highest BCUT2D eigenvalue weighted by molar-refractivity contribution is 5.87. The Morgan fingerprint density at radius 1 is 0.944 bits per heavy atom. The minimum absolute atomic E-state index is 0.202. The van der Waals surface area contributed by atoms with Crippen LogP contribution in [-0.4, -0.2) is 69.7 Å². The molecule has 1 saturated heterocycles. The fourth-order valence-corrected chi connectivity index (χ4v) is 4.27. The molecule has 1 aromatic carbocycles. The van der Waals surface area contributed by atoms with Gasteiger partial charge in [0.05, 0.1) is 5.56 Å². The Balaban J connectivity index is 1.15. The Hall–Kier alpha value is -3.78. The maximum Gasteiger partial charge on any atom is 0.415 e. The van der Waals surface area contributed by atoms with Crippen LogP contribution in [0, 0.1) is 6.92 Å². The van der Waals surface area contributed by atoms with Crippen molar-refractivity contribution >= 4 is 12.1 Å². The lowest BCUT2D eigenvalue weighted by Gasteiger charge is -2.34. The first-order chi connectivity index (χ1) is 17.5. The summed E-state index contributed by atoms with van der Waals surface area (Å²) in [6, 6.07) is 15.1. The van der Waals surface area contributed by atoms with Crippen LogP contribution in [0.15, 0.2) is 60.9 Å². The van der Waals surface area contributed by atoms with Crippen LogP contribution in [0.1, 0.15) is 39.3 Å². The molecule has 0 atom stereocenters. The zero-order chi connectivity index (χ0) is 25.3. The number of carboxylic acid groups (broad SMARTS) is 1. The second kappa shape index (κ2) is 12.3. The lowest BCUT2D eigenvalue weighted by Crippen LogP contribution is -2.49. The molecule has 0 spiro atoms. The fourth-order valence-electron chi connectivity index (χ4n) is 4.27. The molecule has 1 fully saturated rings. The maximum atomic E-state index is 12.6. The van der Waals surface area contributed by atoms with E-state index >= 15 is 0 Å². The normalized spacial score (nSPS) is 14.0. The summed E-state index contributed by atoms with van der Waals surface area (Å²) in [6.07, 6.45) is 6.40. The Bertz CT molecular complexity index is 1160. The minimum atomic E-state index is -0.964. The zero-order valence-corrected chi connectivity index (χ0v) is 20.6. The quantitative estimate of drug-likeness (QED) is 0.486. The van der Waals surface area contributed by atoms with Gasteiger partial charge in [-0.3, -0.25) is 14.9 Å². The molecule has 2 aromatic heterocycles. The number of aryl methyl sites for hydroxylation is 4. The van der Waals surface area contributed by atoms with Gasteiger partial charge in [-0.15, -0.1) is 0 Å². The van der Waals surface area contributed by atoms with Crippen LogP contribution in [0.5, 0.6) is 5.75 Å². The largest absolute Gasteiger partial charge is 0.478 e. The predicted molar refractivity (Wildman–Crippen MR) is 136 cm³/mol. The summed E-state index contributed by atoms with van der Waals surface area (Å²) in [5.74, 6) is -0.407. The van der Waals surface area contributed by atoms with Crippen molar-refractivity contribution in [2.24, 2.45) is 0 Å². The van der Waals surface area contributed by atoms with E-state index in [4.69, 9.17) is 9.84 Å². The molecule has 36 heavy (non-hydrogen) atoms. The van der Waals surface area contributed by atoms with Gasteiger partial charge in [-0.1, -0.05) is 18.2 Å². The summed E-state index contributed by atoms with van der Waals surface area (Å²) < 4.78 is 5.60. The highest BCUT2D eigenvalue weighted by Gasteiger charge is 2.22. The van der Waals surface area contributed by atoms with Crippen LogP contribution < -0.4 is 4.74 Å². The van der Waals surface area contributed by atoms with E-state index in [1.54, 1.807) is 17.0 Å². The van der Waals surface area contributed by atoms with E-state index in [0.717, 1.165) is 56.7 Å². The van der Waals surface area contributed by atoms with Crippen LogP contribution >= 0.6 is 0 Å². The van der Waals surface area contributed by atoms with Gasteiger partial charge in [0.15, 0.2) is 0 Å². The molecular formula is C28H32N4O4. The molecule has 0 unspecified atom stereocenters. The van der Waals surface area contributed by atoms with Crippen molar-refractivity contribution in [2.45, 2.75) is 32.6 Å². The van der Waals surface area contributed by atoms with Gasteiger partial charge in [0.2, 0.25) is 0 Å². The van der Waals surface area contributed by atoms with Gasteiger partial charge in [-0.2, -0.15) is 0 Å². The average molecular weight is 489 g/mol. The van der Waals surface area contributed by atoms with Crippen LogP contribution in [0.3, 0.4) is 0 Å². The van der Waals surface area contributed by atoms with Gasteiger partial charge in [0.1, 0.15) is 5.75 Å². The number of rotatable bonds is 9. The predicted octanol–water partition coefficient (Wildman–Crippen LogP) is 4.02. The number of aromatic nitrogens is 2. The Labute approximate surface area is 211 Å². The summed E-state index contributed by atoms with van der Waals surface area (Å²) in [6.45, 7) is 5.84. The van der Waals surface area contributed by atoms with Gasteiger partial charge >= 0.3 is 12.1 Å². The molecule has 1 aliphatic rings. The lowest BCUT2D eigenvalue weighted by atomic mass is 10.1. The third-order valence-corrected chi connectivity index (χ3v) is 6.51. The number of amides is 1. The number of benzene rings is 1. The second-order valence-electron chi connectivity index (χ2n) is 9.05. The zero-order valence-electron chi connectivity index (χ0n) is 20.6. The van der Waals surface area contributed by atoms with Gasteiger partial charge in [0, 0.05) is 50.0 Å². The first kappa shape index (κ1) is 25.3. The third kappa shape index (κ3) is 7.11. The SMILES string of the molecule is Cc1cccnc1CCc1ccc(OC(=O)N2CCN(CCCc3ccc(C(=O)O)cn3)CC2)cc1. The number of aromatic carboxylic acids is 1. The van der Waals surface area contributed by atoms with E-state index in [2.05, 4.69) is 27.9 Å². The molecule has 3 heterocycles. The average Bonchev–Trinajstić information content (AvgIpc) is 2.90. The summed E-state index contributed by atoms with van der Waals surface area (Å²) >= 11 is 0. The van der Waals surface area contributed by atoms with Crippen molar-refractivity contribution in [3.63, 3.8) is 0 Å². The van der Waals surface area contributed by atoms with Gasteiger partial charge in [-0.25, -0.2) is 9.59 Å². The number of carbonyl (C=O) groups is 2. The van der Waals surface area contributed by atoms with Crippen LogP contribution in [-0.2, 0) is 19.3 Å². The Morgan fingerprint density at radius 3 is 2.39 bits per heavy atom. The van der Waals surface area contributed by atoms with Crippen molar-refractivity contribution in [2.75, 3.05) is 32.7 Å². The van der Waals surface area contributed by atoms with Crippen molar-refractivity contribution in [1.29, 1.82) is 0 Å².